The number of nitrogens with one attached hydrogen (secondary N) is 1. The number of nitrogens with zero attached hydrogens (tertiary/aromatic N) is 1. The Labute approximate surface area is 156 Å². The van der Waals surface area contributed by atoms with Crippen LogP contribution in [-0.2, 0) is 4.74 Å². The van der Waals surface area contributed by atoms with E-state index < -0.39 is 23.4 Å². The van der Waals surface area contributed by atoms with Gasteiger partial charge in [-0.15, -0.1) is 0 Å². The summed E-state index contributed by atoms with van der Waals surface area (Å²) in [4.78, 5) is 14.2. The van der Waals surface area contributed by atoms with Gasteiger partial charge in [0.25, 0.3) is 5.91 Å². The molecule has 0 spiro atoms. The molecule has 2 aromatic rings. The molecule has 1 aliphatic rings. The average molecular weight is 462 g/mol. The Hall–Kier alpha value is -1.81. The zero-order chi connectivity index (χ0) is 18.0. The highest BCUT2D eigenvalue weighted by Gasteiger charge is 2.25. The van der Waals surface area contributed by atoms with E-state index in [4.69, 9.17) is 4.74 Å². The van der Waals surface area contributed by atoms with Crippen molar-refractivity contribution < 1.29 is 22.7 Å². The first-order valence-corrected chi connectivity index (χ1v) is 8.62. The first kappa shape index (κ1) is 18.0. The Morgan fingerprint density at radius 2 is 1.80 bits per heavy atom. The lowest BCUT2D eigenvalue weighted by Gasteiger charge is -2.27. The third-order valence-corrected chi connectivity index (χ3v) is 4.49. The zero-order valence-corrected chi connectivity index (χ0v) is 15.1. The van der Waals surface area contributed by atoms with Gasteiger partial charge in [-0.2, -0.15) is 0 Å². The number of anilines is 2. The van der Waals surface area contributed by atoms with Crippen LogP contribution in [0.15, 0.2) is 30.3 Å². The summed E-state index contributed by atoms with van der Waals surface area (Å²) in [6.45, 7) is 1.47. The van der Waals surface area contributed by atoms with Crippen LogP contribution in [-0.4, -0.2) is 37.1 Å². The molecule has 4 nitrogen and oxygen atoms in total. The van der Waals surface area contributed by atoms with Crippen LogP contribution in [0, 0.1) is 21.0 Å². The van der Waals surface area contributed by atoms with Gasteiger partial charge in [0, 0.05) is 16.7 Å². The van der Waals surface area contributed by atoms with Gasteiger partial charge in [0.1, 0.15) is 5.82 Å². The van der Waals surface area contributed by atoms with Crippen LogP contribution in [0.2, 0.25) is 0 Å². The van der Waals surface area contributed by atoms with E-state index in [0.29, 0.717) is 29.9 Å². The number of ether oxygens (including phenoxy) is 1. The standard InChI is InChI=1S/C17H14F3IN2O2/c18-12-3-2-11(17(24)23-5-7-25-8-6-23)16(15(12)20)22-14-4-1-10(21)9-13(14)19/h1-4,9,22H,5-8H2. The molecule has 2 aromatic carbocycles. The molecule has 1 saturated heterocycles. The van der Waals surface area contributed by atoms with Crippen LogP contribution in [0.5, 0.6) is 0 Å². The van der Waals surface area contributed by atoms with Gasteiger partial charge in [0.2, 0.25) is 0 Å². The molecule has 0 aliphatic carbocycles. The van der Waals surface area contributed by atoms with Gasteiger partial charge in [0.15, 0.2) is 11.6 Å². The number of carbonyl (C=O) groups is 1. The van der Waals surface area contributed by atoms with Gasteiger partial charge >= 0.3 is 0 Å². The normalized spacial score (nSPS) is 14.5. The number of rotatable bonds is 3. The molecule has 1 heterocycles. The molecule has 0 unspecified atom stereocenters. The molecule has 1 N–H and O–H groups in total. The highest BCUT2D eigenvalue weighted by Crippen LogP contribution is 2.29. The summed E-state index contributed by atoms with van der Waals surface area (Å²) < 4.78 is 47.9. The van der Waals surface area contributed by atoms with Crippen molar-refractivity contribution in [2.24, 2.45) is 0 Å². The third kappa shape index (κ3) is 3.90. The smallest absolute Gasteiger partial charge is 0.256 e. The van der Waals surface area contributed by atoms with E-state index in [9.17, 15) is 18.0 Å². The molecular weight excluding hydrogens is 448 g/mol. The fraction of sp³-hybridized carbons (Fsp3) is 0.235. The molecule has 25 heavy (non-hydrogen) atoms. The van der Waals surface area contributed by atoms with Gasteiger partial charge in [-0.1, -0.05) is 0 Å². The van der Waals surface area contributed by atoms with Crippen molar-refractivity contribution in [2.75, 3.05) is 31.6 Å². The summed E-state index contributed by atoms with van der Waals surface area (Å²) in [5.74, 6) is -3.43. The lowest BCUT2D eigenvalue weighted by atomic mass is 10.1. The second kappa shape index (κ2) is 7.61. The molecule has 0 bridgehead atoms. The fourth-order valence-corrected chi connectivity index (χ4v) is 2.97. The van der Waals surface area contributed by atoms with Crippen molar-refractivity contribution >= 4 is 39.9 Å². The topological polar surface area (TPSA) is 41.6 Å². The van der Waals surface area contributed by atoms with Crippen molar-refractivity contribution in [3.63, 3.8) is 0 Å². The van der Waals surface area contributed by atoms with Gasteiger partial charge in [-0.25, -0.2) is 13.2 Å². The largest absolute Gasteiger partial charge is 0.378 e. The van der Waals surface area contributed by atoms with E-state index in [1.807, 2.05) is 22.6 Å². The minimum atomic E-state index is -1.22. The maximum absolute atomic E-state index is 14.3. The van der Waals surface area contributed by atoms with Crippen molar-refractivity contribution in [3.8, 4) is 0 Å². The number of halogens is 4. The minimum absolute atomic E-state index is 0.0408. The Balaban J connectivity index is 1.99. The number of carbonyl (C=O) groups excluding carboxylic acids is 1. The SMILES string of the molecule is O=C(c1ccc(F)c(F)c1Nc1ccc(I)cc1F)N1CCOCC1. The predicted octanol–water partition coefficient (Wildman–Crippen LogP) is 3.92. The highest BCUT2D eigenvalue weighted by molar-refractivity contribution is 14.1. The third-order valence-electron chi connectivity index (χ3n) is 3.81. The number of morpholine rings is 1. The summed E-state index contributed by atoms with van der Waals surface area (Å²) in [7, 11) is 0. The van der Waals surface area contributed by atoms with Crippen LogP contribution in [0.3, 0.4) is 0 Å². The first-order chi connectivity index (χ1) is 12.0. The summed E-state index contributed by atoms with van der Waals surface area (Å²) in [5, 5.41) is 2.53. The van der Waals surface area contributed by atoms with Crippen molar-refractivity contribution in [3.05, 3.63) is 56.9 Å². The van der Waals surface area contributed by atoms with Crippen LogP contribution < -0.4 is 5.32 Å². The second-order valence-electron chi connectivity index (χ2n) is 5.44. The first-order valence-electron chi connectivity index (χ1n) is 7.54. The number of hydrogen-bond acceptors (Lipinski definition) is 3. The Kier molecular flexibility index (Phi) is 5.48. The van der Waals surface area contributed by atoms with Crippen LogP contribution in [0.1, 0.15) is 10.4 Å². The number of benzene rings is 2. The minimum Gasteiger partial charge on any atom is -0.378 e. The molecule has 1 aliphatic heterocycles. The van der Waals surface area contributed by atoms with E-state index in [1.54, 1.807) is 6.07 Å². The molecule has 0 radical (unpaired) electrons. The maximum Gasteiger partial charge on any atom is 0.256 e. The van der Waals surface area contributed by atoms with E-state index in [2.05, 4.69) is 5.32 Å². The van der Waals surface area contributed by atoms with Crippen LogP contribution >= 0.6 is 22.6 Å². The van der Waals surface area contributed by atoms with Gasteiger partial charge in [-0.3, -0.25) is 4.79 Å². The maximum atomic E-state index is 14.3. The highest BCUT2D eigenvalue weighted by atomic mass is 127. The lowest BCUT2D eigenvalue weighted by Crippen LogP contribution is -2.41. The Bertz CT molecular complexity index is 811. The fourth-order valence-electron chi connectivity index (χ4n) is 2.51. The average Bonchev–Trinajstić information content (AvgIpc) is 2.61. The summed E-state index contributed by atoms with van der Waals surface area (Å²) in [6, 6.07) is 6.36. The molecule has 0 atom stereocenters. The molecule has 3 rings (SSSR count). The second-order valence-corrected chi connectivity index (χ2v) is 6.68. The van der Waals surface area contributed by atoms with Crippen molar-refractivity contribution in [2.45, 2.75) is 0 Å². The van der Waals surface area contributed by atoms with E-state index in [-0.39, 0.29) is 16.9 Å². The molecule has 1 amide bonds. The number of hydrogen-bond donors (Lipinski definition) is 1. The van der Waals surface area contributed by atoms with Crippen molar-refractivity contribution in [1.29, 1.82) is 0 Å². The predicted molar refractivity (Wildman–Crippen MR) is 95.5 cm³/mol. The van der Waals surface area contributed by atoms with Crippen LogP contribution in [0.4, 0.5) is 24.5 Å². The van der Waals surface area contributed by atoms with Gasteiger partial charge < -0.3 is 15.0 Å². The molecule has 132 valence electrons. The molecular formula is C17H14F3IN2O2. The van der Waals surface area contributed by atoms with E-state index in [0.717, 1.165) is 6.07 Å². The Morgan fingerprint density at radius 3 is 2.48 bits per heavy atom. The number of amides is 1. The zero-order valence-electron chi connectivity index (χ0n) is 13.0. The molecule has 8 heteroatoms. The molecule has 0 saturated carbocycles. The molecule has 1 fully saturated rings. The molecule has 0 aromatic heterocycles. The quantitative estimate of drug-likeness (QED) is 0.704. The summed E-state index contributed by atoms with van der Waals surface area (Å²) in [5.41, 5.74) is -0.476. The monoisotopic (exact) mass is 462 g/mol. The van der Waals surface area contributed by atoms with Crippen molar-refractivity contribution in [1.82, 2.24) is 4.90 Å². The Morgan fingerprint density at radius 1 is 1.08 bits per heavy atom. The van der Waals surface area contributed by atoms with Gasteiger partial charge in [0.05, 0.1) is 30.2 Å². The van der Waals surface area contributed by atoms with Gasteiger partial charge in [-0.05, 0) is 52.9 Å². The van der Waals surface area contributed by atoms with Crippen LogP contribution in [0.25, 0.3) is 0 Å². The summed E-state index contributed by atoms with van der Waals surface area (Å²) in [6.07, 6.45) is 0. The van der Waals surface area contributed by atoms with E-state index in [1.165, 1.54) is 23.1 Å². The lowest BCUT2D eigenvalue weighted by molar-refractivity contribution is 0.0303. The van der Waals surface area contributed by atoms with E-state index >= 15 is 0 Å². The summed E-state index contributed by atoms with van der Waals surface area (Å²) >= 11 is 1.94.